The van der Waals surface area contributed by atoms with Gasteiger partial charge in [-0.05, 0) is 12.8 Å². The fraction of sp³-hybridized carbons (Fsp3) is 0.727. The second-order valence-corrected chi connectivity index (χ2v) is 3.67. The number of nitrogens with zero attached hydrogens (tertiary/aromatic N) is 2. The number of nitrogens with one attached hydrogen (secondary N) is 1. The molecule has 0 amide bonds. The zero-order valence-corrected chi connectivity index (χ0v) is 9.45. The summed E-state index contributed by atoms with van der Waals surface area (Å²) in [5.74, 6) is 1.16. The van der Waals surface area contributed by atoms with Gasteiger partial charge in [-0.1, -0.05) is 13.8 Å². The Kier molecular flexibility index (Phi) is 4.66. The minimum Gasteiger partial charge on any atom is -0.338 e. The van der Waals surface area contributed by atoms with Crippen LogP contribution >= 0.6 is 0 Å². The minimum atomic E-state index is 0.662. The third kappa shape index (κ3) is 3.14. The van der Waals surface area contributed by atoms with Gasteiger partial charge < -0.3 is 9.88 Å². The van der Waals surface area contributed by atoms with Crippen molar-refractivity contribution in [2.45, 2.75) is 39.2 Å². The van der Waals surface area contributed by atoms with Gasteiger partial charge in [-0.2, -0.15) is 0 Å². The summed E-state index contributed by atoms with van der Waals surface area (Å²) in [4.78, 5) is 4.29. The van der Waals surface area contributed by atoms with Crippen molar-refractivity contribution in [3.05, 3.63) is 18.2 Å². The molecule has 0 saturated carbocycles. The Morgan fingerprint density at radius 3 is 2.64 bits per heavy atom. The van der Waals surface area contributed by atoms with Crippen LogP contribution in [0.5, 0.6) is 0 Å². The Bertz CT molecular complexity index is 251. The zero-order valence-electron chi connectivity index (χ0n) is 9.45. The zero-order chi connectivity index (χ0) is 10.4. The van der Waals surface area contributed by atoms with E-state index >= 15 is 0 Å². The van der Waals surface area contributed by atoms with Crippen LogP contribution < -0.4 is 5.32 Å². The van der Waals surface area contributed by atoms with E-state index in [1.807, 2.05) is 19.4 Å². The summed E-state index contributed by atoms with van der Waals surface area (Å²) in [7, 11) is 2.04. The number of hydrogen-bond acceptors (Lipinski definition) is 2. The highest BCUT2D eigenvalue weighted by Crippen LogP contribution is 1.98. The van der Waals surface area contributed by atoms with E-state index in [9.17, 15) is 0 Å². The van der Waals surface area contributed by atoms with Gasteiger partial charge in [-0.3, -0.25) is 0 Å². The van der Waals surface area contributed by atoms with Crippen LogP contribution in [0.4, 0.5) is 0 Å². The minimum absolute atomic E-state index is 0.662. The molecule has 0 radical (unpaired) electrons. The van der Waals surface area contributed by atoms with E-state index in [-0.39, 0.29) is 0 Å². The van der Waals surface area contributed by atoms with Crippen molar-refractivity contribution in [1.29, 1.82) is 0 Å². The van der Waals surface area contributed by atoms with E-state index in [1.165, 1.54) is 12.8 Å². The number of hydrogen-bond donors (Lipinski definition) is 1. The van der Waals surface area contributed by atoms with Crippen molar-refractivity contribution in [2.75, 3.05) is 6.54 Å². The van der Waals surface area contributed by atoms with Gasteiger partial charge in [-0.15, -0.1) is 0 Å². The van der Waals surface area contributed by atoms with E-state index in [0.29, 0.717) is 6.04 Å². The summed E-state index contributed by atoms with van der Waals surface area (Å²) >= 11 is 0. The molecule has 3 nitrogen and oxygen atoms in total. The van der Waals surface area contributed by atoms with Crippen LogP contribution in [0.15, 0.2) is 12.4 Å². The molecule has 0 atom stereocenters. The molecule has 3 heteroatoms. The molecule has 0 saturated heterocycles. The fourth-order valence-corrected chi connectivity index (χ4v) is 1.60. The molecule has 0 spiro atoms. The second kappa shape index (κ2) is 5.81. The van der Waals surface area contributed by atoms with E-state index in [2.05, 4.69) is 28.7 Å². The number of imidazole rings is 1. The van der Waals surface area contributed by atoms with Gasteiger partial charge in [-0.25, -0.2) is 4.98 Å². The summed E-state index contributed by atoms with van der Waals surface area (Å²) in [6, 6.07) is 0.662. The normalized spacial score (nSPS) is 11.1. The van der Waals surface area contributed by atoms with Gasteiger partial charge >= 0.3 is 0 Å². The maximum Gasteiger partial charge on any atom is 0.109 e. The molecular formula is C11H21N3. The van der Waals surface area contributed by atoms with Crippen LogP contribution in [0.25, 0.3) is 0 Å². The third-order valence-corrected chi connectivity index (χ3v) is 2.69. The van der Waals surface area contributed by atoms with Gasteiger partial charge in [0.1, 0.15) is 5.82 Å². The molecule has 0 bridgehead atoms. The monoisotopic (exact) mass is 195 g/mol. The molecule has 0 aromatic carbocycles. The number of rotatable bonds is 6. The SMILES string of the molecule is CCC(CC)NCCc1nccn1C. The van der Waals surface area contributed by atoms with Crippen molar-refractivity contribution < 1.29 is 0 Å². The molecule has 80 valence electrons. The Morgan fingerprint density at radius 1 is 1.43 bits per heavy atom. The lowest BCUT2D eigenvalue weighted by atomic mass is 10.2. The van der Waals surface area contributed by atoms with Crippen LogP contribution in [0.3, 0.4) is 0 Å². The van der Waals surface area contributed by atoms with Crippen molar-refractivity contribution >= 4 is 0 Å². The Hall–Kier alpha value is -0.830. The van der Waals surface area contributed by atoms with E-state index in [1.54, 1.807) is 0 Å². The maximum atomic E-state index is 4.29. The topological polar surface area (TPSA) is 29.9 Å². The first-order chi connectivity index (χ1) is 6.77. The first kappa shape index (κ1) is 11.2. The van der Waals surface area contributed by atoms with Crippen molar-refractivity contribution in [2.24, 2.45) is 7.05 Å². The Morgan fingerprint density at radius 2 is 2.14 bits per heavy atom. The Labute approximate surface area is 86.5 Å². The van der Waals surface area contributed by atoms with Gasteiger partial charge in [0, 0.05) is 38.4 Å². The largest absolute Gasteiger partial charge is 0.338 e. The summed E-state index contributed by atoms with van der Waals surface area (Å²) in [5, 5.41) is 3.53. The molecule has 14 heavy (non-hydrogen) atoms. The lowest BCUT2D eigenvalue weighted by Crippen LogP contribution is -2.30. The number of aromatic nitrogens is 2. The summed E-state index contributed by atoms with van der Waals surface area (Å²) in [6.07, 6.45) is 7.27. The lowest BCUT2D eigenvalue weighted by molar-refractivity contribution is 0.483. The maximum absolute atomic E-state index is 4.29. The van der Waals surface area contributed by atoms with Gasteiger partial charge in [0.25, 0.3) is 0 Å². The predicted octanol–water partition coefficient (Wildman–Crippen LogP) is 1.74. The standard InChI is InChI=1S/C11H21N3/c1-4-10(5-2)12-7-6-11-13-8-9-14(11)3/h8-10,12H,4-7H2,1-3H3. The average molecular weight is 195 g/mol. The molecule has 1 aromatic rings. The third-order valence-electron chi connectivity index (χ3n) is 2.69. The molecule has 0 aliphatic rings. The van der Waals surface area contributed by atoms with E-state index in [4.69, 9.17) is 0 Å². The molecule has 1 aromatic heterocycles. The molecule has 1 heterocycles. The highest BCUT2D eigenvalue weighted by molar-refractivity contribution is 4.91. The van der Waals surface area contributed by atoms with Crippen molar-refractivity contribution in [3.8, 4) is 0 Å². The summed E-state index contributed by atoms with van der Waals surface area (Å²) < 4.78 is 2.08. The van der Waals surface area contributed by atoms with Crippen molar-refractivity contribution in [1.82, 2.24) is 14.9 Å². The Balaban J connectivity index is 2.24. The first-order valence-corrected chi connectivity index (χ1v) is 5.47. The predicted molar refractivity (Wildman–Crippen MR) is 59.3 cm³/mol. The van der Waals surface area contributed by atoms with Gasteiger partial charge in [0.2, 0.25) is 0 Å². The molecule has 0 fully saturated rings. The second-order valence-electron chi connectivity index (χ2n) is 3.67. The lowest BCUT2D eigenvalue weighted by Gasteiger charge is -2.14. The van der Waals surface area contributed by atoms with Gasteiger partial charge in [0.15, 0.2) is 0 Å². The van der Waals surface area contributed by atoms with Crippen LogP contribution in [0.2, 0.25) is 0 Å². The van der Waals surface area contributed by atoms with Crippen LogP contribution in [0.1, 0.15) is 32.5 Å². The van der Waals surface area contributed by atoms with E-state index in [0.717, 1.165) is 18.8 Å². The first-order valence-electron chi connectivity index (χ1n) is 5.47. The van der Waals surface area contributed by atoms with Crippen LogP contribution in [0, 0.1) is 0 Å². The summed E-state index contributed by atoms with van der Waals surface area (Å²) in [5.41, 5.74) is 0. The quantitative estimate of drug-likeness (QED) is 0.749. The molecule has 0 unspecified atom stereocenters. The van der Waals surface area contributed by atoms with Crippen LogP contribution in [-0.2, 0) is 13.5 Å². The highest BCUT2D eigenvalue weighted by atomic mass is 15.0. The van der Waals surface area contributed by atoms with Gasteiger partial charge in [0.05, 0.1) is 0 Å². The smallest absolute Gasteiger partial charge is 0.109 e. The molecular weight excluding hydrogens is 174 g/mol. The van der Waals surface area contributed by atoms with Crippen LogP contribution in [-0.4, -0.2) is 22.1 Å². The average Bonchev–Trinajstić information content (AvgIpc) is 2.59. The fourth-order valence-electron chi connectivity index (χ4n) is 1.60. The molecule has 0 aliphatic heterocycles. The van der Waals surface area contributed by atoms with E-state index < -0.39 is 0 Å². The molecule has 1 N–H and O–H groups in total. The molecule has 0 aliphatic carbocycles. The molecule has 1 rings (SSSR count). The summed E-state index contributed by atoms with van der Waals surface area (Å²) in [6.45, 7) is 5.47. The highest BCUT2D eigenvalue weighted by Gasteiger charge is 2.03. The number of aryl methyl sites for hydroxylation is 1. The van der Waals surface area contributed by atoms with Crippen molar-refractivity contribution in [3.63, 3.8) is 0 Å².